The molecule has 1 aromatic heterocycles. The van der Waals surface area contributed by atoms with Crippen LogP contribution in [0, 0.1) is 6.92 Å². The molecular formula is C20H25N3O4. The van der Waals surface area contributed by atoms with Crippen molar-refractivity contribution in [1.82, 2.24) is 14.8 Å². The van der Waals surface area contributed by atoms with Crippen LogP contribution >= 0.6 is 0 Å². The summed E-state index contributed by atoms with van der Waals surface area (Å²) in [4.78, 5) is 26.9. The van der Waals surface area contributed by atoms with E-state index in [2.05, 4.69) is 10.2 Å². The number of likely N-dealkylation sites (tertiary alicyclic amines) is 1. The van der Waals surface area contributed by atoms with Crippen molar-refractivity contribution in [3.05, 3.63) is 45.9 Å². The quantitative estimate of drug-likeness (QED) is 0.861. The van der Waals surface area contributed by atoms with Crippen molar-refractivity contribution in [3.8, 4) is 22.6 Å². The number of nitrogens with zero attached hydrogens (tertiary/aromatic N) is 2. The van der Waals surface area contributed by atoms with Gasteiger partial charge in [0.1, 0.15) is 17.1 Å². The van der Waals surface area contributed by atoms with Gasteiger partial charge in [0.25, 0.3) is 11.5 Å². The Labute approximate surface area is 158 Å². The van der Waals surface area contributed by atoms with Crippen LogP contribution < -0.4 is 20.3 Å². The molecule has 0 bridgehead atoms. The predicted octanol–water partition coefficient (Wildman–Crippen LogP) is 1.42. The van der Waals surface area contributed by atoms with Crippen LogP contribution in [0.1, 0.15) is 15.9 Å². The van der Waals surface area contributed by atoms with Gasteiger partial charge in [-0.2, -0.15) is 0 Å². The highest BCUT2D eigenvalue weighted by atomic mass is 16.5. The van der Waals surface area contributed by atoms with E-state index >= 15 is 0 Å². The number of aryl methyl sites for hydroxylation is 2. The molecule has 1 N–H and O–H groups in total. The van der Waals surface area contributed by atoms with Gasteiger partial charge in [-0.3, -0.25) is 9.59 Å². The molecule has 0 radical (unpaired) electrons. The Morgan fingerprint density at radius 3 is 2.15 bits per heavy atom. The van der Waals surface area contributed by atoms with Crippen molar-refractivity contribution in [2.45, 2.75) is 13.0 Å². The highest BCUT2D eigenvalue weighted by molar-refractivity contribution is 6.01. The second kappa shape index (κ2) is 7.44. The number of rotatable bonds is 5. The fraction of sp³-hybridized carbons (Fsp3) is 0.400. The first kappa shape index (κ1) is 19.0. The van der Waals surface area contributed by atoms with E-state index in [4.69, 9.17) is 9.47 Å². The summed E-state index contributed by atoms with van der Waals surface area (Å²) < 4.78 is 12.5. The summed E-state index contributed by atoms with van der Waals surface area (Å²) in [6.45, 7) is 3.43. The van der Waals surface area contributed by atoms with Crippen LogP contribution in [-0.4, -0.2) is 55.8 Å². The minimum atomic E-state index is -0.218. The van der Waals surface area contributed by atoms with Crippen LogP contribution in [0.2, 0.25) is 0 Å². The lowest BCUT2D eigenvalue weighted by molar-refractivity contribution is 0.0851. The Kier molecular flexibility index (Phi) is 5.23. The van der Waals surface area contributed by atoms with Gasteiger partial charge in [-0.05, 0) is 43.3 Å². The molecule has 1 aromatic carbocycles. The number of aromatic nitrogens is 1. The molecule has 2 heterocycles. The fourth-order valence-electron chi connectivity index (χ4n) is 3.39. The average Bonchev–Trinajstić information content (AvgIpc) is 2.63. The number of nitrogens with one attached hydrogen (secondary N) is 1. The van der Waals surface area contributed by atoms with Crippen molar-refractivity contribution < 1.29 is 14.3 Å². The van der Waals surface area contributed by atoms with Gasteiger partial charge in [-0.25, -0.2) is 0 Å². The van der Waals surface area contributed by atoms with Crippen molar-refractivity contribution in [1.29, 1.82) is 0 Å². The monoisotopic (exact) mass is 371 g/mol. The lowest BCUT2D eigenvalue weighted by Crippen LogP contribution is -2.57. The van der Waals surface area contributed by atoms with Gasteiger partial charge in [0.2, 0.25) is 0 Å². The maximum absolute atomic E-state index is 12.8. The number of methoxy groups -OCH3 is 2. The molecule has 1 amide bonds. The molecule has 0 atom stereocenters. The smallest absolute Gasteiger partial charge is 0.259 e. The molecule has 0 saturated carbocycles. The molecule has 7 heteroatoms. The molecule has 144 valence electrons. The molecule has 3 rings (SSSR count). The summed E-state index contributed by atoms with van der Waals surface area (Å²) in [5.41, 5.74) is 2.63. The van der Waals surface area contributed by atoms with Gasteiger partial charge in [-0.15, -0.1) is 0 Å². The van der Waals surface area contributed by atoms with Crippen LogP contribution in [0.3, 0.4) is 0 Å². The molecule has 0 unspecified atom stereocenters. The minimum Gasteiger partial charge on any atom is -0.496 e. The second-order valence-electron chi connectivity index (χ2n) is 6.98. The van der Waals surface area contributed by atoms with Gasteiger partial charge >= 0.3 is 0 Å². The predicted molar refractivity (Wildman–Crippen MR) is 104 cm³/mol. The lowest BCUT2D eigenvalue weighted by Gasteiger charge is -2.36. The van der Waals surface area contributed by atoms with E-state index in [1.807, 2.05) is 13.1 Å². The average molecular weight is 371 g/mol. The highest BCUT2D eigenvalue weighted by Crippen LogP contribution is 2.35. The molecule has 27 heavy (non-hydrogen) atoms. The highest BCUT2D eigenvalue weighted by Gasteiger charge is 2.28. The number of amides is 1. The molecule has 1 saturated heterocycles. The number of carbonyl (C=O) groups is 1. The summed E-state index contributed by atoms with van der Waals surface area (Å²) in [6, 6.07) is 5.54. The molecule has 0 spiro atoms. The third-order valence-electron chi connectivity index (χ3n) is 4.83. The van der Waals surface area contributed by atoms with E-state index in [0.717, 1.165) is 24.2 Å². The minimum absolute atomic E-state index is 0.0425. The summed E-state index contributed by atoms with van der Waals surface area (Å²) >= 11 is 0. The molecule has 1 fully saturated rings. The molecule has 2 aromatic rings. The maximum Gasteiger partial charge on any atom is 0.259 e. The molecule has 0 aliphatic carbocycles. The van der Waals surface area contributed by atoms with E-state index in [9.17, 15) is 9.59 Å². The van der Waals surface area contributed by atoms with Crippen LogP contribution in [0.25, 0.3) is 11.1 Å². The first-order valence-electron chi connectivity index (χ1n) is 8.77. The van der Waals surface area contributed by atoms with E-state index in [1.54, 1.807) is 32.3 Å². The summed E-state index contributed by atoms with van der Waals surface area (Å²) in [5, 5.41) is 3.01. The van der Waals surface area contributed by atoms with Gasteiger partial charge in [0.05, 0.1) is 20.3 Å². The van der Waals surface area contributed by atoms with E-state index in [0.29, 0.717) is 22.6 Å². The van der Waals surface area contributed by atoms with Crippen LogP contribution in [0.5, 0.6) is 11.5 Å². The number of likely N-dealkylation sites (N-methyl/N-ethyl adjacent to an activating group) is 1. The van der Waals surface area contributed by atoms with E-state index in [-0.39, 0.29) is 17.5 Å². The van der Waals surface area contributed by atoms with Crippen LogP contribution in [0.15, 0.2) is 29.2 Å². The molecule has 1 aliphatic heterocycles. The third kappa shape index (κ3) is 3.68. The SMILES string of the molecule is COc1cc(-c2cc(C)c(=O)n(C)c2)cc(OC)c1C(=O)NC1CN(C)C1. The number of hydrogen-bond acceptors (Lipinski definition) is 5. The Morgan fingerprint density at radius 1 is 1.07 bits per heavy atom. The van der Waals surface area contributed by atoms with Gasteiger partial charge in [-0.1, -0.05) is 0 Å². The Bertz CT molecular complexity index is 878. The largest absolute Gasteiger partial charge is 0.496 e. The number of benzene rings is 1. The number of hydrogen-bond donors (Lipinski definition) is 1. The van der Waals surface area contributed by atoms with Crippen LogP contribution in [-0.2, 0) is 7.05 Å². The normalized spacial score (nSPS) is 14.6. The number of pyridine rings is 1. The summed E-state index contributed by atoms with van der Waals surface area (Å²) in [5.74, 6) is 0.645. The number of carbonyl (C=O) groups excluding carboxylic acids is 1. The topological polar surface area (TPSA) is 72.8 Å². The van der Waals surface area contributed by atoms with Gasteiger partial charge in [0.15, 0.2) is 0 Å². The first-order valence-corrected chi connectivity index (χ1v) is 8.77. The van der Waals surface area contributed by atoms with Crippen LogP contribution in [0.4, 0.5) is 0 Å². The molecular weight excluding hydrogens is 346 g/mol. The van der Waals surface area contributed by atoms with Gasteiger partial charge in [0, 0.05) is 31.9 Å². The lowest BCUT2D eigenvalue weighted by atomic mass is 10.0. The maximum atomic E-state index is 12.8. The summed E-state index contributed by atoms with van der Waals surface area (Å²) in [6.07, 6.45) is 1.76. The molecule has 7 nitrogen and oxygen atoms in total. The molecule has 1 aliphatic rings. The zero-order valence-electron chi connectivity index (χ0n) is 16.3. The first-order chi connectivity index (χ1) is 12.8. The van der Waals surface area contributed by atoms with E-state index < -0.39 is 0 Å². The van der Waals surface area contributed by atoms with E-state index in [1.165, 1.54) is 18.8 Å². The van der Waals surface area contributed by atoms with Crippen molar-refractivity contribution in [2.75, 3.05) is 34.4 Å². The number of ether oxygens (including phenoxy) is 2. The second-order valence-corrected chi connectivity index (χ2v) is 6.98. The summed E-state index contributed by atoms with van der Waals surface area (Å²) in [7, 11) is 6.77. The third-order valence-corrected chi connectivity index (χ3v) is 4.83. The Balaban J connectivity index is 2.02. The zero-order valence-corrected chi connectivity index (χ0v) is 16.3. The van der Waals surface area contributed by atoms with Gasteiger partial charge < -0.3 is 24.3 Å². The standard InChI is InChI=1S/C20H25N3O4/c1-12-6-14(9-23(3)20(12)25)13-7-16(26-4)18(17(8-13)27-5)19(24)21-15-10-22(2)11-15/h6-9,15H,10-11H2,1-5H3,(H,21,24). The van der Waals surface area contributed by atoms with Crippen molar-refractivity contribution in [2.24, 2.45) is 7.05 Å². The van der Waals surface area contributed by atoms with Crippen molar-refractivity contribution >= 4 is 5.91 Å². The Hall–Kier alpha value is -2.80. The zero-order chi connectivity index (χ0) is 19.7. The fourth-order valence-corrected chi connectivity index (χ4v) is 3.39. The van der Waals surface area contributed by atoms with Crippen molar-refractivity contribution in [3.63, 3.8) is 0 Å². The Morgan fingerprint density at radius 2 is 1.67 bits per heavy atom.